The number of aliphatic hydroxyl groups is 1. The van der Waals surface area contributed by atoms with Gasteiger partial charge in [-0.25, -0.2) is 0 Å². The van der Waals surface area contributed by atoms with Crippen LogP contribution in [0, 0.1) is 53.3 Å². The Hall–Kier alpha value is -1.09. The lowest BCUT2D eigenvalue weighted by atomic mass is 9.77. The van der Waals surface area contributed by atoms with Crippen molar-refractivity contribution in [2.75, 3.05) is 13.4 Å². The second-order valence-electron chi connectivity index (χ2n) is 17.9. The van der Waals surface area contributed by atoms with E-state index in [2.05, 4.69) is 93.1 Å². The van der Waals surface area contributed by atoms with E-state index in [0.717, 1.165) is 19.3 Å². The van der Waals surface area contributed by atoms with E-state index in [4.69, 9.17) is 42.6 Å². The molecule has 1 N–H and O–H groups in total. The van der Waals surface area contributed by atoms with Crippen molar-refractivity contribution >= 4 is 0 Å². The fraction of sp³-hybridized carbons (Fsp3) is 1.00. The Labute approximate surface area is 324 Å². The highest BCUT2D eigenvalue weighted by atomic mass is 16.8. The molecule has 312 valence electrons. The molecule has 0 amide bonds. The van der Waals surface area contributed by atoms with Crippen LogP contribution in [-0.2, 0) is 42.6 Å². The van der Waals surface area contributed by atoms with Crippen molar-refractivity contribution < 1.29 is 47.7 Å². The van der Waals surface area contributed by atoms with Crippen molar-refractivity contribution in [2.24, 2.45) is 58.4 Å². The maximum Gasteiger partial charge on any atom is 0.184 e. The van der Waals surface area contributed by atoms with Gasteiger partial charge in [0.05, 0.1) is 43.2 Å². The van der Waals surface area contributed by atoms with E-state index in [1.807, 2.05) is 0 Å². The predicted molar refractivity (Wildman–Crippen MR) is 203 cm³/mol. The molecule has 22 atom stereocenters. The van der Waals surface area contributed by atoms with Gasteiger partial charge in [0.1, 0.15) is 25.1 Å². The van der Waals surface area contributed by atoms with Crippen molar-refractivity contribution in [2.45, 2.75) is 195 Å². The normalized spacial score (nSPS) is 49.9. The largest absolute Gasteiger partial charge is 0.366 e. The SMILES string of the molecule is CCC1O[C@H](OC2C(C)[C@H](C)[C@H]([C@@H](C)CC)O[C@@H]2O[C@@H]2C(C)[C@@H](O[C@H]3C([C@H]4COCO4)O[C@](C)(O)C[C@H]3C)OC([C@@H](C)CC)[C@H]2C)[C@H](N=[N+]=[N-])C(C)[C@@H]1C. The Morgan fingerprint density at radius 1 is 0.759 bits per heavy atom. The summed E-state index contributed by atoms with van der Waals surface area (Å²) in [7, 11) is 0. The first-order valence-corrected chi connectivity index (χ1v) is 21.1. The summed E-state index contributed by atoms with van der Waals surface area (Å²) in [6.45, 7) is 28.4. The fourth-order valence-corrected chi connectivity index (χ4v) is 9.92. The lowest BCUT2D eigenvalue weighted by Gasteiger charge is -2.53. The van der Waals surface area contributed by atoms with Gasteiger partial charge >= 0.3 is 0 Å². The molecule has 0 aliphatic carbocycles. The minimum absolute atomic E-state index is 0.00564. The van der Waals surface area contributed by atoms with Crippen LogP contribution in [0.15, 0.2) is 5.11 Å². The standard InChI is InChI=1S/C41H73N3O10/c1-14-20(4)32-25(9)26(10)36(53-39-31(43-44-42)24(8)23(7)29(16-3)48-39)40(50-32)52-35-27(11)33(21(5)15-2)49-38(28(35)12)51-34-22(6)17-41(13,45)54-37(34)30-18-46-19-47-30/h20-40,45H,14-19H2,1-13H3/t20-,21-,22+,23-,24?,25-,26?,27+,28?,29?,30+,31+,32-,33?,34+,35-,36?,37?,38+,39+,40+,41-/m0/s1. The van der Waals surface area contributed by atoms with Crippen molar-refractivity contribution in [3.63, 3.8) is 0 Å². The zero-order chi connectivity index (χ0) is 39.6. The van der Waals surface area contributed by atoms with Gasteiger partial charge in [-0.1, -0.05) is 101 Å². The maximum atomic E-state index is 11.0. The molecule has 13 heteroatoms. The molecule has 13 nitrogen and oxygen atoms in total. The monoisotopic (exact) mass is 768 g/mol. The second-order valence-corrected chi connectivity index (χ2v) is 17.9. The smallest absolute Gasteiger partial charge is 0.184 e. The van der Waals surface area contributed by atoms with Crippen LogP contribution in [0.1, 0.15) is 116 Å². The summed E-state index contributed by atoms with van der Waals surface area (Å²) in [6, 6.07) is -0.487. The molecule has 54 heavy (non-hydrogen) atoms. The topological polar surface area (TPSA) is 152 Å². The maximum absolute atomic E-state index is 11.0. The highest BCUT2D eigenvalue weighted by Crippen LogP contribution is 2.45. The van der Waals surface area contributed by atoms with Gasteiger partial charge in [0.15, 0.2) is 24.7 Å². The minimum Gasteiger partial charge on any atom is -0.366 e. The van der Waals surface area contributed by atoms with Crippen molar-refractivity contribution in [3.8, 4) is 0 Å². The zero-order valence-electron chi connectivity index (χ0n) is 35.3. The van der Waals surface area contributed by atoms with Gasteiger partial charge in [-0.2, -0.15) is 0 Å². The molecule has 5 fully saturated rings. The molecule has 5 rings (SSSR count). The predicted octanol–water partition coefficient (Wildman–Crippen LogP) is 7.82. The number of azide groups is 1. The number of rotatable bonds is 13. The molecule has 5 saturated heterocycles. The Balaban J connectivity index is 1.46. The number of hydrogen-bond donors (Lipinski definition) is 1. The lowest BCUT2D eigenvalue weighted by Crippen LogP contribution is -2.62. The molecule has 5 aliphatic heterocycles. The minimum atomic E-state index is -1.31. The van der Waals surface area contributed by atoms with E-state index < -0.39 is 49.0 Å². The van der Waals surface area contributed by atoms with Crippen molar-refractivity contribution in [3.05, 3.63) is 10.4 Å². The molecule has 0 spiro atoms. The van der Waals surface area contributed by atoms with E-state index in [0.29, 0.717) is 18.9 Å². The first-order valence-electron chi connectivity index (χ1n) is 21.1. The molecule has 0 radical (unpaired) electrons. The average molecular weight is 768 g/mol. The van der Waals surface area contributed by atoms with Gasteiger partial charge in [0.2, 0.25) is 0 Å². The Morgan fingerprint density at radius 3 is 1.96 bits per heavy atom. The Bertz CT molecular complexity index is 1230. The third kappa shape index (κ3) is 9.28. The molecule has 7 unspecified atom stereocenters. The molecule has 5 aliphatic rings. The first kappa shape index (κ1) is 44.0. The number of ether oxygens (including phenoxy) is 9. The number of nitrogens with zero attached hydrogens (tertiary/aromatic N) is 3. The lowest BCUT2D eigenvalue weighted by molar-refractivity contribution is -0.374. The fourth-order valence-electron chi connectivity index (χ4n) is 9.92. The summed E-state index contributed by atoms with van der Waals surface area (Å²) in [5.74, 6) is -0.509. The van der Waals surface area contributed by atoms with E-state index in [1.54, 1.807) is 6.92 Å². The molecule has 0 aromatic carbocycles. The zero-order valence-corrected chi connectivity index (χ0v) is 35.3. The first-order chi connectivity index (χ1) is 25.6. The van der Waals surface area contributed by atoms with E-state index in [9.17, 15) is 10.6 Å². The van der Waals surface area contributed by atoms with Crippen LogP contribution in [0.5, 0.6) is 0 Å². The van der Waals surface area contributed by atoms with Gasteiger partial charge in [-0.3, -0.25) is 0 Å². The van der Waals surface area contributed by atoms with E-state index >= 15 is 0 Å². The summed E-state index contributed by atoms with van der Waals surface area (Å²) in [5, 5.41) is 15.3. The summed E-state index contributed by atoms with van der Waals surface area (Å²) in [6.07, 6.45) is -1.27. The molecular formula is C41H73N3O10. The quantitative estimate of drug-likeness (QED) is 0.112. The average Bonchev–Trinajstić information content (AvgIpc) is 3.68. The van der Waals surface area contributed by atoms with Gasteiger partial charge in [-0.15, -0.1) is 0 Å². The molecule has 0 aromatic rings. The van der Waals surface area contributed by atoms with Crippen molar-refractivity contribution in [1.82, 2.24) is 0 Å². The Kier molecular flexibility index (Phi) is 15.2. The van der Waals surface area contributed by atoms with Crippen LogP contribution >= 0.6 is 0 Å². The van der Waals surface area contributed by atoms with Gasteiger partial charge in [-0.05, 0) is 60.3 Å². The van der Waals surface area contributed by atoms with Crippen molar-refractivity contribution in [1.29, 1.82) is 0 Å². The highest BCUT2D eigenvalue weighted by Gasteiger charge is 2.54. The summed E-state index contributed by atoms with van der Waals surface area (Å²) in [4.78, 5) is 3.22. The second kappa shape index (κ2) is 18.7. The van der Waals surface area contributed by atoms with Crippen LogP contribution in [0.2, 0.25) is 0 Å². The third-order valence-corrected chi connectivity index (χ3v) is 14.1. The Morgan fingerprint density at radius 2 is 1.37 bits per heavy atom. The summed E-state index contributed by atoms with van der Waals surface area (Å²) < 4.78 is 59.6. The summed E-state index contributed by atoms with van der Waals surface area (Å²) >= 11 is 0. The highest BCUT2D eigenvalue weighted by molar-refractivity contribution is 4.97. The van der Waals surface area contributed by atoms with Crippen LogP contribution in [-0.4, -0.2) is 98.0 Å². The third-order valence-electron chi connectivity index (χ3n) is 14.1. The van der Waals surface area contributed by atoms with Crippen LogP contribution in [0.25, 0.3) is 10.4 Å². The van der Waals surface area contributed by atoms with Gasteiger partial charge < -0.3 is 47.7 Å². The van der Waals surface area contributed by atoms with Crippen LogP contribution in [0.3, 0.4) is 0 Å². The van der Waals surface area contributed by atoms with Gasteiger partial charge in [0, 0.05) is 23.2 Å². The van der Waals surface area contributed by atoms with E-state index in [1.165, 1.54) is 0 Å². The van der Waals surface area contributed by atoms with Crippen LogP contribution in [0.4, 0.5) is 0 Å². The van der Waals surface area contributed by atoms with Gasteiger partial charge in [0.25, 0.3) is 0 Å². The summed E-state index contributed by atoms with van der Waals surface area (Å²) in [5.41, 5.74) is 9.61. The molecule has 0 aromatic heterocycles. The number of hydrogen-bond acceptors (Lipinski definition) is 11. The molecule has 0 saturated carbocycles. The molecule has 0 bridgehead atoms. The van der Waals surface area contributed by atoms with Crippen LogP contribution < -0.4 is 0 Å². The molecular weight excluding hydrogens is 694 g/mol. The van der Waals surface area contributed by atoms with E-state index in [-0.39, 0.29) is 84.7 Å². The molecule has 5 heterocycles.